The van der Waals surface area contributed by atoms with Crippen molar-refractivity contribution in [1.82, 2.24) is 4.57 Å². The number of rotatable bonds is 4. The second-order valence-electron chi connectivity index (χ2n) is 16.5. The third-order valence-electron chi connectivity index (χ3n) is 10.7. The number of carbonyl (C=O) groups is 1. The van der Waals surface area contributed by atoms with Gasteiger partial charge < -0.3 is 4.57 Å². The maximum absolute atomic E-state index is 15.4. The Morgan fingerprint density at radius 1 is 0.492 bits per heavy atom. The zero-order valence-corrected chi connectivity index (χ0v) is 32.4. The highest BCUT2D eigenvalue weighted by Gasteiger charge is 2.72. The standard InChI is InChI=1S/C44H36F12N2O/c1-22-33-18-27(40(43(51,52)53,44(54,55)56)26-11-14-29-23(2)58(39(7,8)9)24(3)34(29)19-26)12-16-32(33)37(59)57(22)28-13-17-31(36(21-28)42(48,49)50)30-15-10-25(38(4,5)6)20-35(30)41(45,46)47/h10-21H,1-3H2,4-9H3. The Hall–Kier alpha value is -5.47. The van der Waals surface area contributed by atoms with Gasteiger partial charge in [-0.2, -0.15) is 52.7 Å². The van der Waals surface area contributed by atoms with Gasteiger partial charge >= 0.3 is 24.7 Å². The number of halogens is 12. The molecule has 1 amide bonds. The quantitative estimate of drug-likeness (QED) is 0.166. The van der Waals surface area contributed by atoms with Crippen LogP contribution in [0.5, 0.6) is 0 Å². The minimum atomic E-state index is -6.06. The number of alkyl halides is 12. The Labute approximate surface area is 330 Å². The predicted molar refractivity (Wildman–Crippen MR) is 203 cm³/mol. The van der Waals surface area contributed by atoms with E-state index in [0.29, 0.717) is 46.6 Å². The summed E-state index contributed by atoms with van der Waals surface area (Å²) in [7, 11) is 0. The Morgan fingerprint density at radius 3 is 1.46 bits per heavy atom. The first-order valence-electron chi connectivity index (χ1n) is 17.8. The number of fused-ring (bicyclic) bond motifs is 2. The van der Waals surface area contributed by atoms with Crippen LogP contribution in [0.1, 0.15) is 85.3 Å². The molecule has 0 unspecified atom stereocenters. The summed E-state index contributed by atoms with van der Waals surface area (Å²) in [6.45, 7) is 21.6. The van der Waals surface area contributed by atoms with Crippen LogP contribution in [0.25, 0.3) is 40.8 Å². The molecule has 0 saturated heterocycles. The van der Waals surface area contributed by atoms with Crippen molar-refractivity contribution in [3.63, 3.8) is 0 Å². The average Bonchev–Trinajstić information content (AvgIpc) is 3.49. The van der Waals surface area contributed by atoms with Crippen molar-refractivity contribution in [2.75, 3.05) is 4.90 Å². The Bertz CT molecular complexity index is 2650. The molecule has 0 fully saturated rings. The van der Waals surface area contributed by atoms with E-state index < -0.39 is 103 Å². The number of aromatic nitrogens is 1. The van der Waals surface area contributed by atoms with Crippen molar-refractivity contribution in [1.29, 1.82) is 0 Å². The van der Waals surface area contributed by atoms with E-state index in [9.17, 15) is 31.1 Å². The third kappa shape index (κ3) is 6.79. The largest absolute Gasteiger partial charge is 0.417 e. The Balaban J connectivity index is 1.52. The molecule has 1 aromatic heterocycles. The van der Waals surface area contributed by atoms with E-state index in [1.807, 2.05) is 0 Å². The fourth-order valence-corrected chi connectivity index (χ4v) is 7.92. The number of anilines is 1. The van der Waals surface area contributed by atoms with Crippen molar-refractivity contribution in [2.24, 2.45) is 0 Å². The molecule has 1 aliphatic heterocycles. The second kappa shape index (κ2) is 13.3. The fraction of sp³-hybridized carbons (Fsp3) is 0.295. The maximum atomic E-state index is 15.4. The summed E-state index contributed by atoms with van der Waals surface area (Å²) < 4.78 is 181. The first-order valence-corrected chi connectivity index (χ1v) is 17.8. The van der Waals surface area contributed by atoms with E-state index in [-0.39, 0.29) is 21.7 Å². The molecule has 0 bridgehead atoms. The molecule has 0 atom stereocenters. The van der Waals surface area contributed by atoms with Crippen LogP contribution in [-0.4, -0.2) is 22.8 Å². The first kappa shape index (κ1) is 43.1. The molecule has 3 nitrogen and oxygen atoms in total. The molecule has 0 radical (unpaired) electrons. The van der Waals surface area contributed by atoms with Crippen molar-refractivity contribution in [2.45, 2.75) is 82.6 Å². The lowest BCUT2D eigenvalue weighted by Crippen LogP contribution is -2.54. The van der Waals surface area contributed by atoms with Gasteiger partial charge in [0.2, 0.25) is 5.41 Å². The van der Waals surface area contributed by atoms with Crippen molar-refractivity contribution in [3.05, 3.63) is 129 Å². The van der Waals surface area contributed by atoms with Crippen molar-refractivity contribution >= 4 is 41.2 Å². The van der Waals surface area contributed by atoms with Crippen LogP contribution in [0, 0.1) is 0 Å². The molecule has 0 spiro atoms. The molecule has 5 aromatic rings. The molecule has 4 aromatic carbocycles. The van der Waals surface area contributed by atoms with Crippen LogP contribution >= 0.6 is 0 Å². The van der Waals surface area contributed by atoms with Crippen molar-refractivity contribution < 1.29 is 57.5 Å². The van der Waals surface area contributed by atoms with E-state index in [4.69, 9.17) is 0 Å². The molecule has 0 N–H and O–H groups in total. The van der Waals surface area contributed by atoms with Gasteiger partial charge in [0.15, 0.2) is 0 Å². The van der Waals surface area contributed by atoms with Gasteiger partial charge in [0.1, 0.15) is 0 Å². The van der Waals surface area contributed by atoms with Crippen LogP contribution < -0.4 is 15.6 Å². The molecule has 0 saturated carbocycles. The average molecular weight is 837 g/mol. The lowest BCUT2D eigenvalue weighted by Gasteiger charge is -2.38. The summed E-state index contributed by atoms with van der Waals surface area (Å²) in [6, 6.07) is 9.07. The van der Waals surface area contributed by atoms with Gasteiger partial charge in [0, 0.05) is 43.8 Å². The van der Waals surface area contributed by atoms with Crippen molar-refractivity contribution in [3.8, 4) is 11.1 Å². The topological polar surface area (TPSA) is 25.2 Å². The van der Waals surface area contributed by atoms with Gasteiger partial charge in [0.25, 0.3) is 5.91 Å². The molecule has 59 heavy (non-hydrogen) atoms. The maximum Gasteiger partial charge on any atom is 0.417 e. The first-order chi connectivity index (χ1) is 26.7. The fourth-order valence-electron chi connectivity index (χ4n) is 7.92. The van der Waals surface area contributed by atoms with Gasteiger partial charge in [-0.05, 0) is 90.4 Å². The molecule has 1 aliphatic rings. The number of amides is 1. The van der Waals surface area contributed by atoms with Crippen LogP contribution in [0.3, 0.4) is 0 Å². The van der Waals surface area contributed by atoms with Crippen LogP contribution in [-0.2, 0) is 28.7 Å². The lowest BCUT2D eigenvalue weighted by atomic mass is 9.72. The summed E-state index contributed by atoms with van der Waals surface area (Å²) in [6.07, 6.45) is -22.5. The Kier molecular flexibility index (Phi) is 9.70. The van der Waals surface area contributed by atoms with E-state index in [1.54, 1.807) is 46.1 Å². The van der Waals surface area contributed by atoms with Gasteiger partial charge in [-0.1, -0.05) is 76.9 Å². The number of hydrogen-bond acceptors (Lipinski definition) is 1. The monoisotopic (exact) mass is 836 g/mol. The summed E-state index contributed by atoms with van der Waals surface area (Å²) in [5.41, 5.74) is -15.5. The highest BCUT2D eigenvalue weighted by atomic mass is 19.4. The second-order valence-corrected chi connectivity index (χ2v) is 16.5. The van der Waals surface area contributed by atoms with E-state index in [0.717, 1.165) is 30.3 Å². The number of nitrogens with zero attached hydrogens (tertiary/aromatic N) is 2. The summed E-state index contributed by atoms with van der Waals surface area (Å²) in [5.74, 6) is -1.15. The van der Waals surface area contributed by atoms with E-state index in [2.05, 4.69) is 19.7 Å². The molecule has 312 valence electrons. The van der Waals surface area contributed by atoms with Crippen LogP contribution in [0.2, 0.25) is 0 Å². The molecule has 6 rings (SSSR count). The van der Waals surface area contributed by atoms with Gasteiger partial charge in [-0.15, -0.1) is 0 Å². The lowest BCUT2D eigenvalue weighted by molar-refractivity contribution is -0.288. The van der Waals surface area contributed by atoms with Gasteiger partial charge in [-0.25, -0.2) is 0 Å². The van der Waals surface area contributed by atoms with E-state index in [1.165, 1.54) is 6.07 Å². The highest BCUT2D eigenvalue weighted by Crippen LogP contribution is 2.57. The minimum Gasteiger partial charge on any atom is -0.336 e. The molecule has 0 aliphatic carbocycles. The van der Waals surface area contributed by atoms with E-state index >= 15 is 26.3 Å². The zero-order chi connectivity index (χ0) is 44.4. The third-order valence-corrected chi connectivity index (χ3v) is 10.7. The number of hydrogen-bond donors (Lipinski definition) is 0. The van der Waals surface area contributed by atoms with Crippen LogP contribution in [0.4, 0.5) is 58.4 Å². The molecular weight excluding hydrogens is 800 g/mol. The molecule has 2 heterocycles. The Morgan fingerprint density at radius 2 is 0.949 bits per heavy atom. The van der Waals surface area contributed by atoms with Crippen LogP contribution in [0.15, 0.2) is 79.4 Å². The smallest absolute Gasteiger partial charge is 0.336 e. The number of carbonyl (C=O) groups excluding carboxylic acids is 1. The predicted octanol–water partition coefficient (Wildman–Crippen LogP) is 12.3. The normalized spacial score (nSPS) is 14.8. The number of benzene rings is 4. The van der Waals surface area contributed by atoms with Gasteiger partial charge in [0.05, 0.1) is 16.8 Å². The molecular formula is C44H36F12N2O. The summed E-state index contributed by atoms with van der Waals surface area (Å²) in [5, 5.41) is 0.656. The summed E-state index contributed by atoms with van der Waals surface area (Å²) >= 11 is 0. The SMILES string of the molecule is C=C1c2cc(C(c3ccc4c(=C)n(C(C)(C)C)c(=C)c4c3)(C(F)(F)F)C(F)(F)F)ccc2C(=O)N1c1ccc(-c2ccc(C(C)(C)C)cc2C(F)(F)F)c(C(F)(F)F)c1. The summed E-state index contributed by atoms with van der Waals surface area (Å²) in [4.78, 5) is 14.3. The molecule has 15 heteroatoms. The van der Waals surface area contributed by atoms with Gasteiger partial charge in [-0.3, -0.25) is 9.69 Å². The zero-order valence-electron chi connectivity index (χ0n) is 32.4. The minimum absolute atomic E-state index is 0.0244. The highest BCUT2D eigenvalue weighted by molar-refractivity contribution is 6.22.